The fourth-order valence-corrected chi connectivity index (χ4v) is 3.72. The van der Waals surface area contributed by atoms with E-state index in [-0.39, 0.29) is 18.1 Å². The predicted octanol–water partition coefficient (Wildman–Crippen LogP) is 5.19. The molecule has 0 saturated carbocycles. The molecule has 3 aromatic carbocycles. The third kappa shape index (κ3) is 4.73. The highest BCUT2D eigenvalue weighted by Gasteiger charge is 2.11. The van der Waals surface area contributed by atoms with E-state index in [1.54, 1.807) is 16.8 Å². The van der Waals surface area contributed by atoms with Crippen molar-refractivity contribution >= 4 is 28.4 Å². The van der Waals surface area contributed by atoms with E-state index in [4.69, 9.17) is 16.9 Å². The van der Waals surface area contributed by atoms with Crippen molar-refractivity contribution < 1.29 is 9.18 Å². The van der Waals surface area contributed by atoms with Crippen molar-refractivity contribution in [2.75, 3.05) is 6.54 Å². The van der Waals surface area contributed by atoms with Gasteiger partial charge in [-0.15, -0.1) is 0 Å². The third-order valence-corrected chi connectivity index (χ3v) is 5.04. The molecule has 0 aliphatic carbocycles. The number of nitriles is 1. The molecule has 1 amide bonds. The smallest absolute Gasteiger partial charge is 0.251 e. The molecule has 0 aliphatic heterocycles. The number of fused-ring (bicyclic) bond motifs is 1. The lowest BCUT2D eigenvalue weighted by Gasteiger charge is -2.07. The summed E-state index contributed by atoms with van der Waals surface area (Å²) in [5.74, 6) is -0.604. The standard InChI is InChI=1S/C24H18ClFN4O/c25-19-10-16(11-20(26)13-19)14-30-15-22-21(6-2-7-23(22)29-30)17-4-1-5-18(12-17)24(31)28-9-3-8-27/h1-2,4-7,10-13,15H,3,9,14H2,(H,28,31). The summed E-state index contributed by atoms with van der Waals surface area (Å²) in [6.45, 7) is 0.693. The van der Waals surface area contributed by atoms with Gasteiger partial charge in [0.15, 0.2) is 0 Å². The zero-order valence-corrected chi connectivity index (χ0v) is 17.2. The number of carbonyl (C=O) groups is 1. The van der Waals surface area contributed by atoms with Crippen molar-refractivity contribution in [1.82, 2.24) is 15.1 Å². The SMILES string of the molecule is N#CCCNC(=O)c1cccc(-c2cccc3nn(Cc4cc(F)cc(Cl)c4)cc23)c1. The molecule has 5 nitrogen and oxygen atoms in total. The largest absolute Gasteiger partial charge is 0.351 e. The molecule has 0 fully saturated rings. The van der Waals surface area contributed by atoms with Crippen LogP contribution in [-0.2, 0) is 6.54 Å². The number of rotatable bonds is 6. The van der Waals surface area contributed by atoms with Gasteiger partial charge in [-0.05, 0) is 53.1 Å². The first-order valence-electron chi connectivity index (χ1n) is 9.70. The highest BCUT2D eigenvalue weighted by Crippen LogP contribution is 2.29. The summed E-state index contributed by atoms with van der Waals surface area (Å²) in [4.78, 5) is 12.4. The molecule has 154 valence electrons. The molecule has 0 radical (unpaired) electrons. The maximum Gasteiger partial charge on any atom is 0.251 e. The first kappa shape index (κ1) is 20.6. The Morgan fingerprint density at radius 1 is 1.16 bits per heavy atom. The van der Waals surface area contributed by atoms with Crippen LogP contribution in [0.4, 0.5) is 4.39 Å². The fourth-order valence-electron chi connectivity index (χ4n) is 3.48. The van der Waals surface area contributed by atoms with E-state index in [1.165, 1.54) is 12.1 Å². The van der Waals surface area contributed by atoms with Crippen LogP contribution in [0.15, 0.2) is 66.9 Å². The van der Waals surface area contributed by atoms with Crippen LogP contribution in [0.2, 0.25) is 5.02 Å². The minimum absolute atomic E-state index is 0.219. The third-order valence-electron chi connectivity index (χ3n) is 4.82. The summed E-state index contributed by atoms with van der Waals surface area (Å²) in [6, 6.07) is 19.5. The van der Waals surface area contributed by atoms with Crippen LogP contribution in [0.3, 0.4) is 0 Å². The van der Waals surface area contributed by atoms with E-state index in [2.05, 4.69) is 10.4 Å². The number of nitrogens with one attached hydrogen (secondary N) is 1. The number of amides is 1. The van der Waals surface area contributed by atoms with Gasteiger partial charge in [0.25, 0.3) is 5.91 Å². The summed E-state index contributed by atoms with van der Waals surface area (Å²) in [5, 5.41) is 17.2. The summed E-state index contributed by atoms with van der Waals surface area (Å²) >= 11 is 5.96. The molecule has 1 aromatic heterocycles. The monoisotopic (exact) mass is 432 g/mol. The Kier molecular flexibility index (Phi) is 5.96. The van der Waals surface area contributed by atoms with Crippen LogP contribution in [0.25, 0.3) is 22.0 Å². The van der Waals surface area contributed by atoms with Crippen LogP contribution in [0.5, 0.6) is 0 Å². The topological polar surface area (TPSA) is 70.7 Å². The van der Waals surface area contributed by atoms with Gasteiger partial charge in [-0.1, -0.05) is 35.9 Å². The van der Waals surface area contributed by atoms with Crippen LogP contribution in [0, 0.1) is 17.1 Å². The second-order valence-electron chi connectivity index (χ2n) is 7.09. The average Bonchev–Trinajstić information content (AvgIpc) is 3.15. The Labute approximate surface area is 183 Å². The fraction of sp³-hybridized carbons (Fsp3) is 0.125. The van der Waals surface area contributed by atoms with Gasteiger partial charge in [-0.3, -0.25) is 9.48 Å². The average molecular weight is 433 g/mol. The van der Waals surface area contributed by atoms with Crippen molar-refractivity contribution in [3.05, 3.63) is 88.8 Å². The molecule has 0 unspecified atom stereocenters. The zero-order valence-electron chi connectivity index (χ0n) is 16.5. The summed E-state index contributed by atoms with van der Waals surface area (Å²) in [6.07, 6.45) is 2.17. The van der Waals surface area contributed by atoms with Crippen molar-refractivity contribution in [3.63, 3.8) is 0 Å². The van der Waals surface area contributed by atoms with Gasteiger partial charge >= 0.3 is 0 Å². The second-order valence-corrected chi connectivity index (χ2v) is 7.52. The lowest BCUT2D eigenvalue weighted by Crippen LogP contribution is -2.24. The van der Waals surface area contributed by atoms with Crippen LogP contribution >= 0.6 is 11.6 Å². The number of carbonyl (C=O) groups excluding carboxylic acids is 1. The normalized spacial score (nSPS) is 10.7. The molecule has 0 bridgehead atoms. The number of hydrogen-bond donors (Lipinski definition) is 1. The summed E-state index contributed by atoms with van der Waals surface area (Å²) < 4.78 is 15.4. The van der Waals surface area contributed by atoms with Gasteiger partial charge in [-0.25, -0.2) is 4.39 Å². The molecule has 0 spiro atoms. The summed E-state index contributed by atoms with van der Waals surface area (Å²) in [5.41, 5.74) is 3.85. The van der Waals surface area contributed by atoms with Crippen molar-refractivity contribution in [1.29, 1.82) is 5.26 Å². The Morgan fingerprint density at radius 2 is 2.00 bits per heavy atom. The number of nitrogens with zero attached hydrogens (tertiary/aromatic N) is 3. The Balaban J connectivity index is 1.65. The zero-order chi connectivity index (χ0) is 21.8. The Bertz CT molecular complexity index is 1290. The second kappa shape index (κ2) is 8.99. The minimum atomic E-state index is -0.384. The molecule has 1 N–H and O–H groups in total. The molecule has 4 aromatic rings. The van der Waals surface area contributed by atoms with Crippen molar-refractivity contribution in [2.24, 2.45) is 0 Å². The Morgan fingerprint density at radius 3 is 2.81 bits per heavy atom. The lowest BCUT2D eigenvalue weighted by atomic mass is 10.00. The number of hydrogen-bond acceptors (Lipinski definition) is 3. The number of halogens is 2. The van der Waals surface area contributed by atoms with Crippen molar-refractivity contribution in [3.8, 4) is 17.2 Å². The predicted molar refractivity (Wildman–Crippen MR) is 118 cm³/mol. The van der Waals surface area contributed by atoms with E-state index in [1.807, 2.05) is 48.7 Å². The van der Waals surface area contributed by atoms with Gasteiger partial charge in [0.2, 0.25) is 0 Å². The van der Waals surface area contributed by atoms with Crippen LogP contribution in [0.1, 0.15) is 22.3 Å². The molecule has 0 saturated heterocycles. The van der Waals surface area contributed by atoms with Gasteiger partial charge in [-0.2, -0.15) is 10.4 Å². The maximum absolute atomic E-state index is 13.7. The highest BCUT2D eigenvalue weighted by molar-refractivity contribution is 6.30. The van der Waals surface area contributed by atoms with Crippen LogP contribution < -0.4 is 5.32 Å². The molecule has 4 rings (SSSR count). The minimum Gasteiger partial charge on any atom is -0.351 e. The summed E-state index contributed by atoms with van der Waals surface area (Å²) in [7, 11) is 0. The molecular weight excluding hydrogens is 415 g/mol. The molecule has 7 heteroatoms. The maximum atomic E-state index is 13.7. The van der Waals surface area contributed by atoms with E-state index in [9.17, 15) is 9.18 Å². The van der Waals surface area contributed by atoms with E-state index >= 15 is 0 Å². The van der Waals surface area contributed by atoms with E-state index in [0.29, 0.717) is 23.7 Å². The molecule has 0 atom stereocenters. The molecule has 0 aliphatic rings. The number of benzene rings is 3. The first-order chi connectivity index (χ1) is 15.0. The first-order valence-corrected chi connectivity index (χ1v) is 10.1. The van der Waals surface area contributed by atoms with E-state index in [0.717, 1.165) is 27.6 Å². The van der Waals surface area contributed by atoms with Crippen LogP contribution in [-0.4, -0.2) is 22.2 Å². The molecular formula is C24H18ClFN4O. The van der Waals surface area contributed by atoms with Crippen molar-refractivity contribution in [2.45, 2.75) is 13.0 Å². The molecule has 31 heavy (non-hydrogen) atoms. The lowest BCUT2D eigenvalue weighted by molar-refractivity contribution is 0.0954. The van der Waals surface area contributed by atoms with Gasteiger partial charge in [0, 0.05) is 28.7 Å². The molecule has 1 heterocycles. The Hall–Kier alpha value is -3.69. The van der Waals surface area contributed by atoms with E-state index < -0.39 is 0 Å². The van der Waals surface area contributed by atoms with Gasteiger partial charge in [0.05, 0.1) is 24.6 Å². The van der Waals surface area contributed by atoms with Gasteiger partial charge in [0.1, 0.15) is 5.82 Å². The highest BCUT2D eigenvalue weighted by atomic mass is 35.5. The van der Waals surface area contributed by atoms with Gasteiger partial charge < -0.3 is 5.32 Å². The number of aromatic nitrogens is 2. The quantitative estimate of drug-likeness (QED) is 0.426.